The van der Waals surface area contributed by atoms with Gasteiger partial charge >= 0.3 is 0 Å². The monoisotopic (exact) mass is 510 g/mol. The first-order valence-electron chi connectivity index (χ1n) is 12.6. The number of rotatable bonds is 8. The van der Waals surface area contributed by atoms with E-state index in [4.69, 9.17) is 4.98 Å². The summed E-state index contributed by atoms with van der Waals surface area (Å²) in [6.45, 7) is 2.79. The van der Waals surface area contributed by atoms with E-state index in [2.05, 4.69) is 12.2 Å². The molecule has 0 atom stereocenters. The third-order valence-electron chi connectivity index (χ3n) is 6.91. The summed E-state index contributed by atoms with van der Waals surface area (Å²) in [6.07, 6.45) is 8.32. The number of nitrogens with zero attached hydrogens (tertiary/aromatic N) is 3. The fraction of sp³-hybridized carbons (Fsp3) is 0.444. The van der Waals surface area contributed by atoms with E-state index in [1.165, 1.54) is 30.7 Å². The Kier molecular flexibility index (Phi) is 7.78. The van der Waals surface area contributed by atoms with Crippen LogP contribution in [0.15, 0.2) is 47.4 Å². The van der Waals surface area contributed by atoms with Crippen molar-refractivity contribution in [3.8, 4) is 0 Å². The molecule has 2 amide bonds. The van der Waals surface area contributed by atoms with Gasteiger partial charge < -0.3 is 9.47 Å². The molecule has 36 heavy (non-hydrogen) atoms. The maximum absolute atomic E-state index is 13.0. The second kappa shape index (κ2) is 10.8. The van der Waals surface area contributed by atoms with E-state index >= 15 is 0 Å². The predicted molar refractivity (Wildman–Crippen MR) is 142 cm³/mol. The minimum atomic E-state index is -3.34. The van der Waals surface area contributed by atoms with E-state index in [1.807, 2.05) is 29.8 Å². The predicted octanol–water partition coefficient (Wildman–Crippen LogP) is 5.04. The van der Waals surface area contributed by atoms with Crippen molar-refractivity contribution < 1.29 is 18.0 Å². The van der Waals surface area contributed by atoms with Crippen LogP contribution in [-0.4, -0.2) is 43.1 Å². The van der Waals surface area contributed by atoms with Crippen molar-refractivity contribution in [1.82, 2.24) is 9.55 Å². The lowest BCUT2D eigenvalue weighted by molar-refractivity contribution is -0.123. The zero-order chi connectivity index (χ0) is 25.9. The van der Waals surface area contributed by atoms with E-state index < -0.39 is 9.84 Å². The Bertz CT molecular complexity index is 1360. The number of nitrogens with one attached hydrogen (secondary N) is 1. The number of carbonyl (C=O) groups is 2. The molecule has 0 unspecified atom stereocenters. The third kappa shape index (κ3) is 5.61. The van der Waals surface area contributed by atoms with Crippen LogP contribution >= 0.6 is 0 Å². The Morgan fingerprint density at radius 2 is 1.78 bits per heavy atom. The average Bonchev–Trinajstić information content (AvgIpc) is 3.22. The van der Waals surface area contributed by atoms with Gasteiger partial charge in [0, 0.05) is 37.0 Å². The summed E-state index contributed by atoms with van der Waals surface area (Å²) >= 11 is 0. The van der Waals surface area contributed by atoms with E-state index in [-0.39, 0.29) is 22.6 Å². The van der Waals surface area contributed by atoms with Crippen molar-refractivity contribution in [2.75, 3.05) is 23.5 Å². The van der Waals surface area contributed by atoms with E-state index in [1.54, 1.807) is 4.90 Å². The Hall–Kier alpha value is -3.20. The van der Waals surface area contributed by atoms with Crippen LogP contribution in [0.3, 0.4) is 0 Å². The SMILES string of the molecule is CCCCn1c(NC(=O)c2ccc(S(C)(=O)=O)cc2)nc2cc(N(C)C(=O)C3CCCCC3)ccc21. The topological polar surface area (TPSA) is 101 Å². The molecule has 3 aromatic rings. The fourth-order valence-corrected chi connectivity index (χ4v) is 5.37. The molecule has 1 saturated carbocycles. The van der Waals surface area contributed by atoms with Crippen LogP contribution in [0.1, 0.15) is 62.2 Å². The Morgan fingerprint density at radius 1 is 1.08 bits per heavy atom. The Balaban J connectivity index is 1.61. The number of benzene rings is 2. The summed E-state index contributed by atoms with van der Waals surface area (Å²) in [5, 5.41) is 2.89. The molecule has 1 fully saturated rings. The highest BCUT2D eigenvalue weighted by Gasteiger charge is 2.25. The van der Waals surface area contributed by atoms with Crippen LogP contribution < -0.4 is 10.2 Å². The van der Waals surface area contributed by atoms with Crippen molar-refractivity contribution >= 4 is 44.3 Å². The highest BCUT2D eigenvalue weighted by molar-refractivity contribution is 7.90. The molecule has 1 heterocycles. The van der Waals surface area contributed by atoms with Crippen molar-refractivity contribution in [1.29, 1.82) is 0 Å². The van der Waals surface area contributed by atoms with Crippen LogP contribution in [0.25, 0.3) is 11.0 Å². The molecule has 1 aliphatic rings. The molecule has 8 nitrogen and oxygen atoms in total. The molecule has 9 heteroatoms. The lowest BCUT2D eigenvalue weighted by Gasteiger charge is -2.26. The maximum atomic E-state index is 13.0. The molecule has 0 bridgehead atoms. The van der Waals surface area contributed by atoms with Crippen LogP contribution in [-0.2, 0) is 21.2 Å². The molecule has 0 aliphatic heterocycles. The van der Waals surface area contributed by atoms with Gasteiger partial charge in [-0.25, -0.2) is 13.4 Å². The zero-order valence-electron chi connectivity index (χ0n) is 21.2. The van der Waals surface area contributed by atoms with E-state index in [0.717, 1.165) is 56.0 Å². The Morgan fingerprint density at radius 3 is 2.42 bits per heavy atom. The lowest BCUT2D eigenvalue weighted by atomic mass is 9.88. The van der Waals surface area contributed by atoms with Gasteiger partial charge in [-0.15, -0.1) is 0 Å². The summed E-state index contributed by atoms with van der Waals surface area (Å²) in [5.74, 6) is 0.276. The van der Waals surface area contributed by atoms with Crippen LogP contribution in [0.2, 0.25) is 0 Å². The minimum absolute atomic E-state index is 0.0745. The van der Waals surface area contributed by atoms with E-state index in [0.29, 0.717) is 23.6 Å². The van der Waals surface area contributed by atoms with Gasteiger partial charge in [0.05, 0.1) is 15.9 Å². The number of aromatic nitrogens is 2. The molecule has 0 radical (unpaired) electrons. The van der Waals surface area contributed by atoms with Gasteiger partial charge in [-0.05, 0) is 61.7 Å². The third-order valence-corrected chi connectivity index (χ3v) is 8.04. The second-order valence-electron chi connectivity index (χ2n) is 9.60. The van der Waals surface area contributed by atoms with Crippen molar-refractivity contribution in [2.45, 2.75) is 63.3 Å². The largest absolute Gasteiger partial charge is 0.315 e. The number of anilines is 2. The van der Waals surface area contributed by atoms with Gasteiger partial charge in [0.2, 0.25) is 11.9 Å². The summed E-state index contributed by atoms with van der Waals surface area (Å²) in [6, 6.07) is 11.6. The van der Waals surface area contributed by atoms with Gasteiger partial charge in [0.25, 0.3) is 5.91 Å². The molecule has 1 aliphatic carbocycles. The zero-order valence-corrected chi connectivity index (χ0v) is 22.0. The summed E-state index contributed by atoms with van der Waals surface area (Å²) in [4.78, 5) is 32.6. The highest BCUT2D eigenvalue weighted by atomic mass is 32.2. The first-order chi connectivity index (χ1) is 17.2. The summed E-state index contributed by atoms with van der Waals surface area (Å²) < 4.78 is 25.4. The lowest BCUT2D eigenvalue weighted by Crippen LogP contribution is -2.33. The second-order valence-corrected chi connectivity index (χ2v) is 11.6. The molecule has 1 aromatic heterocycles. The van der Waals surface area contributed by atoms with Gasteiger partial charge in [-0.2, -0.15) is 0 Å². The Labute approximate surface area is 212 Å². The van der Waals surface area contributed by atoms with Gasteiger partial charge in [-0.3, -0.25) is 14.9 Å². The number of fused-ring (bicyclic) bond motifs is 1. The van der Waals surface area contributed by atoms with Crippen molar-refractivity contribution in [2.24, 2.45) is 5.92 Å². The molecule has 1 N–H and O–H groups in total. The maximum Gasteiger partial charge on any atom is 0.257 e. The number of carbonyl (C=O) groups excluding carboxylic acids is 2. The van der Waals surface area contributed by atoms with E-state index in [9.17, 15) is 18.0 Å². The first-order valence-corrected chi connectivity index (χ1v) is 14.5. The van der Waals surface area contributed by atoms with Gasteiger partial charge in [0.1, 0.15) is 0 Å². The van der Waals surface area contributed by atoms with Crippen LogP contribution in [0.5, 0.6) is 0 Å². The number of imidazole rings is 1. The van der Waals surface area contributed by atoms with Crippen molar-refractivity contribution in [3.05, 3.63) is 48.0 Å². The molecule has 2 aromatic carbocycles. The normalized spacial score (nSPS) is 14.6. The number of aryl methyl sites for hydroxylation is 1. The van der Waals surface area contributed by atoms with Crippen LogP contribution in [0.4, 0.5) is 11.6 Å². The molecule has 192 valence electrons. The van der Waals surface area contributed by atoms with Crippen molar-refractivity contribution in [3.63, 3.8) is 0 Å². The van der Waals surface area contributed by atoms with Gasteiger partial charge in [-0.1, -0.05) is 32.6 Å². The average molecular weight is 511 g/mol. The molecular formula is C27H34N4O4S. The van der Waals surface area contributed by atoms with Gasteiger partial charge in [0.15, 0.2) is 9.84 Å². The minimum Gasteiger partial charge on any atom is -0.315 e. The number of sulfone groups is 1. The first kappa shape index (κ1) is 25.9. The standard InChI is InChI=1S/C27H34N4O4S/c1-4-5-17-31-24-16-13-21(30(2)26(33)20-9-7-6-8-10-20)18-23(24)28-27(31)29-25(32)19-11-14-22(15-12-19)36(3,34)35/h11-16,18,20H,4-10,17H2,1-3H3,(H,28,29,32). The highest BCUT2D eigenvalue weighted by Crippen LogP contribution is 2.29. The molecule has 0 spiro atoms. The number of hydrogen-bond acceptors (Lipinski definition) is 5. The number of unbranched alkanes of at least 4 members (excludes halogenated alkanes) is 1. The molecule has 0 saturated heterocycles. The smallest absolute Gasteiger partial charge is 0.257 e. The fourth-order valence-electron chi connectivity index (χ4n) is 4.74. The number of amides is 2. The summed E-state index contributed by atoms with van der Waals surface area (Å²) in [5.41, 5.74) is 2.71. The van der Waals surface area contributed by atoms with Crippen LogP contribution in [0, 0.1) is 5.92 Å². The molecule has 4 rings (SSSR count). The quantitative estimate of drug-likeness (QED) is 0.458. The summed E-state index contributed by atoms with van der Waals surface area (Å²) in [7, 11) is -1.52. The number of hydrogen-bond donors (Lipinski definition) is 1. The molecular weight excluding hydrogens is 476 g/mol.